The Morgan fingerprint density at radius 3 is 2.79 bits per heavy atom. The molecule has 2 aromatic rings. The molecule has 0 aliphatic carbocycles. The molecule has 29 heavy (non-hydrogen) atoms. The van der Waals surface area contributed by atoms with Gasteiger partial charge in [0.25, 0.3) is 0 Å². The summed E-state index contributed by atoms with van der Waals surface area (Å²) in [5.41, 5.74) is 3.80. The molecule has 0 saturated carbocycles. The van der Waals surface area contributed by atoms with E-state index in [0.717, 1.165) is 55.5 Å². The topological polar surface area (TPSA) is 65.3 Å². The number of nitrogens with zero attached hydrogens (tertiary/aromatic N) is 1. The normalized spacial score (nSPS) is 18.8. The van der Waals surface area contributed by atoms with E-state index in [1.54, 1.807) is 7.11 Å². The van der Waals surface area contributed by atoms with Crippen molar-refractivity contribution < 1.29 is 9.84 Å². The predicted octanol–water partition coefficient (Wildman–Crippen LogP) is 4.54. The van der Waals surface area contributed by atoms with Crippen LogP contribution in [0.15, 0.2) is 42.5 Å². The molecule has 0 unspecified atom stereocenters. The Labute approximate surface area is 174 Å². The lowest BCUT2D eigenvalue weighted by Gasteiger charge is -2.40. The zero-order valence-electron chi connectivity index (χ0n) is 17.6. The zero-order valence-corrected chi connectivity index (χ0v) is 17.6. The summed E-state index contributed by atoms with van der Waals surface area (Å²) in [6, 6.07) is 16.3. The average Bonchev–Trinajstić information content (AvgIpc) is 2.77. The summed E-state index contributed by atoms with van der Waals surface area (Å²) in [7, 11) is 1.72. The van der Waals surface area contributed by atoms with Crippen LogP contribution in [0.2, 0.25) is 0 Å². The van der Waals surface area contributed by atoms with Gasteiger partial charge in [-0.1, -0.05) is 35.9 Å². The van der Waals surface area contributed by atoms with E-state index in [-0.39, 0.29) is 5.92 Å². The van der Waals surface area contributed by atoms with Crippen molar-refractivity contribution in [1.82, 2.24) is 5.32 Å². The smallest absolute Gasteiger partial charge is 0.0991 e. The Morgan fingerprint density at radius 2 is 2.10 bits per heavy atom. The molecule has 2 atom stereocenters. The number of hydrogen-bond acceptors (Lipinski definition) is 4. The summed E-state index contributed by atoms with van der Waals surface area (Å²) in [6.07, 6.45) is 4.58. The number of rotatable bonds is 8. The molecule has 2 aromatic carbocycles. The Morgan fingerprint density at radius 1 is 1.24 bits per heavy atom. The van der Waals surface area contributed by atoms with Gasteiger partial charge >= 0.3 is 0 Å². The highest BCUT2D eigenvalue weighted by molar-refractivity contribution is 5.71. The minimum absolute atomic E-state index is 0.148. The summed E-state index contributed by atoms with van der Waals surface area (Å²) in [5.74, 6) is 0.148. The average molecular weight is 393 g/mol. The van der Waals surface area contributed by atoms with Crippen LogP contribution in [-0.4, -0.2) is 31.9 Å². The first-order valence-corrected chi connectivity index (χ1v) is 10.6. The SMILES string of the molecule is COCCCC[C@](O)(c1ccc(C#N)cc1-c1cccc(C)c1)[C@@H]1CCCNC1. The number of aryl methyl sites for hydroxylation is 1. The van der Waals surface area contributed by atoms with Gasteiger partial charge in [-0.3, -0.25) is 0 Å². The van der Waals surface area contributed by atoms with Gasteiger partial charge in [-0.2, -0.15) is 5.26 Å². The van der Waals surface area contributed by atoms with Crippen molar-refractivity contribution in [3.63, 3.8) is 0 Å². The molecule has 3 rings (SSSR count). The number of methoxy groups -OCH3 is 1. The third-order valence-corrected chi connectivity index (χ3v) is 6.07. The van der Waals surface area contributed by atoms with E-state index in [0.29, 0.717) is 18.6 Å². The highest BCUT2D eigenvalue weighted by Crippen LogP contribution is 2.43. The second-order valence-electron chi connectivity index (χ2n) is 8.16. The molecular weight excluding hydrogens is 360 g/mol. The number of nitriles is 1. The van der Waals surface area contributed by atoms with E-state index in [9.17, 15) is 10.4 Å². The monoisotopic (exact) mass is 392 g/mol. The second kappa shape index (κ2) is 10.0. The molecule has 1 saturated heterocycles. The van der Waals surface area contributed by atoms with Gasteiger partial charge in [-0.25, -0.2) is 0 Å². The van der Waals surface area contributed by atoms with Crippen molar-refractivity contribution in [3.8, 4) is 17.2 Å². The number of ether oxygens (including phenoxy) is 1. The molecule has 4 heteroatoms. The number of hydrogen-bond donors (Lipinski definition) is 2. The highest BCUT2D eigenvalue weighted by atomic mass is 16.5. The molecule has 1 heterocycles. The summed E-state index contributed by atoms with van der Waals surface area (Å²) in [5, 5.41) is 25.1. The van der Waals surface area contributed by atoms with Crippen molar-refractivity contribution in [2.24, 2.45) is 5.92 Å². The molecule has 1 fully saturated rings. The lowest BCUT2D eigenvalue weighted by atomic mass is 9.72. The molecule has 1 aliphatic heterocycles. The van der Waals surface area contributed by atoms with Crippen molar-refractivity contribution in [3.05, 3.63) is 59.2 Å². The molecule has 154 valence electrons. The maximum absolute atomic E-state index is 12.1. The first kappa shape index (κ1) is 21.5. The Balaban J connectivity index is 2.07. The number of nitrogens with one attached hydrogen (secondary N) is 1. The number of piperidine rings is 1. The van der Waals surface area contributed by atoms with Crippen LogP contribution in [0.5, 0.6) is 0 Å². The van der Waals surface area contributed by atoms with E-state index in [1.807, 2.05) is 24.3 Å². The molecule has 0 spiro atoms. The molecule has 0 bridgehead atoms. The molecule has 0 radical (unpaired) electrons. The van der Waals surface area contributed by atoms with Gasteiger partial charge in [-0.05, 0) is 74.4 Å². The van der Waals surface area contributed by atoms with Crippen molar-refractivity contribution in [2.75, 3.05) is 26.8 Å². The molecular formula is C25H32N2O2. The van der Waals surface area contributed by atoms with Gasteiger partial charge in [0.15, 0.2) is 0 Å². The van der Waals surface area contributed by atoms with E-state index in [4.69, 9.17) is 4.74 Å². The molecule has 1 aliphatic rings. The summed E-state index contributed by atoms with van der Waals surface area (Å²) >= 11 is 0. The van der Waals surface area contributed by atoms with Crippen LogP contribution < -0.4 is 5.32 Å². The van der Waals surface area contributed by atoms with Gasteiger partial charge in [0.05, 0.1) is 17.2 Å². The van der Waals surface area contributed by atoms with Crippen molar-refractivity contribution in [2.45, 2.75) is 44.6 Å². The minimum Gasteiger partial charge on any atom is -0.385 e. The lowest BCUT2D eigenvalue weighted by molar-refractivity contribution is -0.0429. The van der Waals surface area contributed by atoms with E-state index in [2.05, 4.69) is 36.5 Å². The van der Waals surface area contributed by atoms with Crippen LogP contribution in [0.3, 0.4) is 0 Å². The fourth-order valence-corrected chi connectivity index (χ4v) is 4.50. The number of benzene rings is 2. The van der Waals surface area contributed by atoms with Gasteiger partial charge in [0.2, 0.25) is 0 Å². The maximum Gasteiger partial charge on any atom is 0.0991 e. The standard InChI is InChI=1S/C25H32N2O2/c1-19-7-5-8-21(15-19)23-16-20(17-26)10-11-24(23)25(28,12-3-4-14-29-2)22-9-6-13-27-18-22/h5,7-8,10-11,15-16,22,27-28H,3-4,6,9,12-14,18H2,1-2H3/t22-,25-/m1/s1. The largest absolute Gasteiger partial charge is 0.385 e. The Hall–Kier alpha value is -2.19. The van der Waals surface area contributed by atoms with Crippen LogP contribution in [-0.2, 0) is 10.3 Å². The van der Waals surface area contributed by atoms with E-state index < -0.39 is 5.60 Å². The first-order valence-electron chi connectivity index (χ1n) is 10.6. The van der Waals surface area contributed by atoms with Crippen LogP contribution in [0.1, 0.15) is 48.8 Å². The second-order valence-corrected chi connectivity index (χ2v) is 8.16. The molecule has 0 amide bonds. The number of aliphatic hydroxyl groups is 1. The third kappa shape index (κ3) is 5.05. The quantitative estimate of drug-likeness (QED) is 0.648. The van der Waals surface area contributed by atoms with Crippen molar-refractivity contribution >= 4 is 0 Å². The molecule has 0 aromatic heterocycles. The molecule has 2 N–H and O–H groups in total. The van der Waals surface area contributed by atoms with Crippen molar-refractivity contribution in [1.29, 1.82) is 5.26 Å². The summed E-state index contributed by atoms with van der Waals surface area (Å²) in [4.78, 5) is 0. The Kier molecular flexibility index (Phi) is 7.44. The predicted molar refractivity (Wildman–Crippen MR) is 117 cm³/mol. The van der Waals surface area contributed by atoms with Gasteiger partial charge in [-0.15, -0.1) is 0 Å². The molecule has 4 nitrogen and oxygen atoms in total. The lowest BCUT2D eigenvalue weighted by Crippen LogP contribution is -2.44. The van der Waals surface area contributed by atoms with E-state index >= 15 is 0 Å². The minimum atomic E-state index is -0.936. The van der Waals surface area contributed by atoms with Crippen LogP contribution >= 0.6 is 0 Å². The van der Waals surface area contributed by atoms with E-state index in [1.165, 1.54) is 5.56 Å². The van der Waals surface area contributed by atoms with Gasteiger partial charge in [0.1, 0.15) is 0 Å². The summed E-state index contributed by atoms with van der Waals surface area (Å²) in [6.45, 7) is 4.60. The van der Waals surface area contributed by atoms with Crippen LogP contribution in [0.25, 0.3) is 11.1 Å². The fraction of sp³-hybridized carbons (Fsp3) is 0.480. The van der Waals surface area contributed by atoms with Gasteiger partial charge < -0.3 is 15.2 Å². The Bertz CT molecular complexity index is 852. The fourth-order valence-electron chi connectivity index (χ4n) is 4.50. The highest BCUT2D eigenvalue weighted by Gasteiger charge is 2.40. The first-order chi connectivity index (χ1) is 14.1. The third-order valence-electron chi connectivity index (χ3n) is 6.07. The maximum atomic E-state index is 12.1. The zero-order chi connectivity index (χ0) is 20.7. The van der Waals surface area contributed by atoms with Crippen LogP contribution in [0.4, 0.5) is 0 Å². The summed E-state index contributed by atoms with van der Waals surface area (Å²) < 4.78 is 5.21. The number of unbranched alkanes of at least 4 members (excludes halogenated alkanes) is 1. The van der Waals surface area contributed by atoms with Crippen LogP contribution in [0, 0.1) is 24.2 Å². The van der Waals surface area contributed by atoms with Gasteiger partial charge in [0, 0.05) is 26.2 Å².